The first-order chi connectivity index (χ1) is 8.34. The van der Waals surface area contributed by atoms with Crippen molar-refractivity contribution in [2.24, 2.45) is 5.92 Å². The Hall–Kier alpha value is -0.570. The van der Waals surface area contributed by atoms with Gasteiger partial charge < -0.3 is 10.2 Å². The average Bonchev–Trinajstić information content (AvgIpc) is 3.07. The number of likely N-dealkylation sites (N-methyl/N-ethyl adjacent to an activating group) is 1. The number of hydrogen-bond acceptors (Lipinski definition) is 2. The Morgan fingerprint density at radius 1 is 1.28 bits per heavy atom. The number of carbonyl (C=O) groups is 1. The van der Waals surface area contributed by atoms with Gasteiger partial charge in [-0.1, -0.05) is 13.8 Å². The minimum Gasteiger partial charge on any atom is -0.333 e. The van der Waals surface area contributed by atoms with Gasteiger partial charge in [-0.15, -0.1) is 0 Å². The molecule has 1 saturated heterocycles. The number of carbonyl (C=O) groups excluding carboxylic acids is 1. The third-order valence-electron chi connectivity index (χ3n) is 4.89. The van der Waals surface area contributed by atoms with Gasteiger partial charge >= 0.3 is 0 Å². The van der Waals surface area contributed by atoms with E-state index in [2.05, 4.69) is 24.1 Å². The summed E-state index contributed by atoms with van der Waals surface area (Å²) in [6.07, 6.45) is 5.95. The standard InChI is InChI=1S/C15H28N2O/c1-11(2)13(18)17-12(15(16-5)9-10-15)7-6-8-14(17,3)4/h11-12,16H,6-10H2,1-5H3. The minimum absolute atomic E-state index is 0.0106. The summed E-state index contributed by atoms with van der Waals surface area (Å²) < 4.78 is 0. The van der Waals surface area contributed by atoms with Crippen molar-refractivity contribution >= 4 is 5.91 Å². The molecule has 104 valence electrons. The van der Waals surface area contributed by atoms with Gasteiger partial charge in [-0.05, 0) is 53.0 Å². The zero-order valence-electron chi connectivity index (χ0n) is 12.5. The summed E-state index contributed by atoms with van der Waals surface area (Å²) in [5.41, 5.74) is 0.221. The maximum absolute atomic E-state index is 12.6. The molecule has 1 saturated carbocycles. The van der Waals surface area contributed by atoms with Crippen molar-refractivity contribution in [1.29, 1.82) is 0 Å². The predicted molar refractivity (Wildman–Crippen MR) is 74.4 cm³/mol. The van der Waals surface area contributed by atoms with Crippen LogP contribution >= 0.6 is 0 Å². The smallest absolute Gasteiger partial charge is 0.225 e. The van der Waals surface area contributed by atoms with Crippen LogP contribution in [0.2, 0.25) is 0 Å². The molecule has 2 rings (SSSR count). The van der Waals surface area contributed by atoms with Crippen molar-refractivity contribution in [3.63, 3.8) is 0 Å². The number of piperidine rings is 1. The third-order valence-corrected chi connectivity index (χ3v) is 4.89. The molecule has 1 unspecified atom stereocenters. The Morgan fingerprint density at radius 2 is 1.89 bits per heavy atom. The maximum atomic E-state index is 12.6. The maximum Gasteiger partial charge on any atom is 0.225 e. The van der Waals surface area contributed by atoms with E-state index in [1.807, 2.05) is 20.9 Å². The second-order valence-corrected chi connectivity index (χ2v) is 6.99. The molecule has 1 aliphatic carbocycles. The van der Waals surface area contributed by atoms with Crippen LogP contribution in [0.5, 0.6) is 0 Å². The highest BCUT2D eigenvalue weighted by Crippen LogP contribution is 2.47. The van der Waals surface area contributed by atoms with Crippen LogP contribution < -0.4 is 5.32 Å². The van der Waals surface area contributed by atoms with E-state index in [9.17, 15) is 4.79 Å². The molecular weight excluding hydrogens is 224 g/mol. The number of amides is 1. The first kappa shape index (κ1) is 13.9. The van der Waals surface area contributed by atoms with Crippen LogP contribution in [0.1, 0.15) is 59.8 Å². The van der Waals surface area contributed by atoms with Gasteiger partial charge in [0.25, 0.3) is 0 Å². The Bertz CT molecular complexity index is 331. The molecule has 2 fully saturated rings. The molecule has 0 spiro atoms. The lowest BCUT2D eigenvalue weighted by atomic mass is 9.81. The number of hydrogen-bond donors (Lipinski definition) is 1. The highest BCUT2D eigenvalue weighted by Gasteiger charge is 2.55. The molecular formula is C15H28N2O. The summed E-state index contributed by atoms with van der Waals surface area (Å²) in [5.74, 6) is 0.420. The monoisotopic (exact) mass is 252 g/mol. The summed E-state index contributed by atoms with van der Waals surface area (Å²) >= 11 is 0. The summed E-state index contributed by atoms with van der Waals surface area (Å²) in [4.78, 5) is 14.8. The molecule has 3 nitrogen and oxygen atoms in total. The molecule has 0 aromatic heterocycles. The van der Waals surface area contributed by atoms with Crippen LogP contribution in [0.3, 0.4) is 0 Å². The molecule has 0 radical (unpaired) electrons. The quantitative estimate of drug-likeness (QED) is 0.837. The summed E-state index contributed by atoms with van der Waals surface area (Å²) in [5, 5.41) is 3.49. The van der Waals surface area contributed by atoms with Crippen LogP contribution in [0.25, 0.3) is 0 Å². The highest BCUT2D eigenvalue weighted by molar-refractivity contribution is 5.79. The van der Waals surface area contributed by atoms with Gasteiger partial charge in [0.15, 0.2) is 0 Å². The van der Waals surface area contributed by atoms with E-state index in [0.717, 1.165) is 12.8 Å². The van der Waals surface area contributed by atoms with Crippen molar-refractivity contribution in [1.82, 2.24) is 10.2 Å². The lowest BCUT2D eigenvalue weighted by Crippen LogP contribution is -2.63. The van der Waals surface area contributed by atoms with E-state index in [1.54, 1.807) is 0 Å². The molecule has 1 N–H and O–H groups in total. The summed E-state index contributed by atoms with van der Waals surface area (Å²) in [6.45, 7) is 8.49. The molecule has 0 aromatic rings. The van der Waals surface area contributed by atoms with Gasteiger partial charge in [0.05, 0.1) is 6.04 Å². The second-order valence-electron chi connectivity index (χ2n) is 6.99. The van der Waals surface area contributed by atoms with E-state index in [0.29, 0.717) is 11.9 Å². The first-order valence-corrected chi connectivity index (χ1v) is 7.36. The summed E-state index contributed by atoms with van der Waals surface area (Å²) in [6, 6.07) is 0.390. The number of nitrogens with zero attached hydrogens (tertiary/aromatic N) is 1. The van der Waals surface area contributed by atoms with Crippen LogP contribution in [0, 0.1) is 5.92 Å². The SMILES string of the molecule is CNC1(C2CCCC(C)(C)N2C(=O)C(C)C)CC1. The molecule has 0 aromatic carbocycles. The van der Waals surface area contributed by atoms with Gasteiger partial charge in [-0.25, -0.2) is 0 Å². The van der Waals surface area contributed by atoms with Gasteiger partial charge in [0, 0.05) is 17.0 Å². The van der Waals surface area contributed by atoms with Crippen LogP contribution in [0.15, 0.2) is 0 Å². The molecule has 2 aliphatic rings. The molecule has 3 heteroatoms. The fraction of sp³-hybridized carbons (Fsp3) is 0.933. The predicted octanol–water partition coefficient (Wildman–Crippen LogP) is 2.55. The van der Waals surface area contributed by atoms with Crippen LogP contribution in [0.4, 0.5) is 0 Å². The van der Waals surface area contributed by atoms with Gasteiger partial charge in [0.2, 0.25) is 5.91 Å². The Kier molecular flexibility index (Phi) is 3.48. The van der Waals surface area contributed by atoms with Crippen LogP contribution in [-0.2, 0) is 4.79 Å². The molecule has 1 atom stereocenters. The van der Waals surface area contributed by atoms with Gasteiger partial charge in [-0.2, -0.15) is 0 Å². The first-order valence-electron chi connectivity index (χ1n) is 7.36. The van der Waals surface area contributed by atoms with E-state index in [4.69, 9.17) is 0 Å². The molecule has 1 amide bonds. The van der Waals surface area contributed by atoms with E-state index in [1.165, 1.54) is 19.3 Å². The number of nitrogens with one attached hydrogen (secondary N) is 1. The largest absolute Gasteiger partial charge is 0.333 e. The minimum atomic E-state index is 0.0106. The van der Waals surface area contributed by atoms with Crippen molar-refractivity contribution < 1.29 is 4.79 Å². The van der Waals surface area contributed by atoms with Gasteiger partial charge in [0.1, 0.15) is 0 Å². The van der Waals surface area contributed by atoms with Crippen LogP contribution in [-0.4, -0.2) is 35.0 Å². The zero-order chi connectivity index (χ0) is 13.6. The lowest BCUT2D eigenvalue weighted by Gasteiger charge is -2.51. The molecule has 0 bridgehead atoms. The third kappa shape index (κ3) is 2.18. The van der Waals surface area contributed by atoms with E-state index in [-0.39, 0.29) is 17.0 Å². The normalized spacial score (nSPS) is 29.4. The molecule has 18 heavy (non-hydrogen) atoms. The average molecular weight is 252 g/mol. The fourth-order valence-electron chi connectivity index (χ4n) is 3.54. The van der Waals surface area contributed by atoms with Crippen molar-refractivity contribution in [2.75, 3.05) is 7.05 Å². The van der Waals surface area contributed by atoms with E-state index >= 15 is 0 Å². The lowest BCUT2D eigenvalue weighted by molar-refractivity contribution is -0.148. The van der Waals surface area contributed by atoms with Crippen molar-refractivity contribution in [2.45, 2.75) is 76.9 Å². The fourth-order valence-corrected chi connectivity index (χ4v) is 3.54. The Balaban J connectivity index is 2.29. The summed E-state index contributed by atoms with van der Waals surface area (Å²) in [7, 11) is 2.05. The molecule has 1 aliphatic heterocycles. The molecule has 1 heterocycles. The number of likely N-dealkylation sites (tertiary alicyclic amines) is 1. The van der Waals surface area contributed by atoms with Crippen molar-refractivity contribution in [3.05, 3.63) is 0 Å². The second kappa shape index (κ2) is 4.52. The topological polar surface area (TPSA) is 32.3 Å². The Morgan fingerprint density at radius 3 is 2.33 bits per heavy atom. The highest BCUT2D eigenvalue weighted by atomic mass is 16.2. The van der Waals surface area contributed by atoms with E-state index < -0.39 is 0 Å². The van der Waals surface area contributed by atoms with Gasteiger partial charge in [-0.3, -0.25) is 4.79 Å². The number of rotatable bonds is 3. The van der Waals surface area contributed by atoms with Crippen molar-refractivity contribution in [3.8, 4) is 0 Å². The Labute approximate surface area is 111 Å². The zero-order valence-corrected chi connectivity index (χ0v) is 12.5.